The number of hydrogen-bond acceptors (Lipinski definition) is 6. The van der Waals surface area contributed by atoms with E-state index in [4.69, 9.17) is 14.4 Å². The number of aliphatic hydroxyl groups excluding tert-OH is 2. The fourth-order valence-corrected chi connectivity index (χ4v) is 2.19. The van der Waals surface area contributed by atoms with E-state index in [2.05, 4.69) is 0 Å². The summed E-state index contributed by atoms with van der Waals surface area (Å²) >= 11 is 0. The number of furan rings is 1. The second kappa shape index (κ2) is 7.51. The minimum Gasteiger partial charge on any atom is -0.466 e. The largest absolute Gasteiger partial charge is 0.466 e. The van der Waals surface area contributed by atoms with Gasteiger partial charge in [-0.1, -0.05) is 12.1 Å². The molecule has 0 bridgehead atoms. The third-order valence-electron chi connectivity index (χ3n) is 3.66. The molecule has 1 aromatic heterocycles. The molecule has 6 nitrogen and oxygen atoms in total. The molecule has 1 aromatic carbocycles. The van der Waals surface area contributed by atoms with Crippen LogP contribution in [0.5, 0.6) is 0 Å². The first-order chi connectivity index (χ1) is 11.7. The summed E-state index contributed by atoms with van der Waals surface area (Å²) in [5, 5.41) is 29.6. The van der Waals surface area contributed by atoms with Gasteiger partial charge in [-0.2, -0.15) is 5.26 Å². The van der Waals surface area contributed by atoms with Gasteiger partial charge in [-0.3, -0.25) is 4.79 Å². The molecule has 0 unspecified atom stereocenters. The van der Waals surface area contributed by atoms with Gasteiger partial charge in [0.25, 0.3) is 0 Å². The minimum absolute atomic E-state index is 0.138. The number of carbonyl (C=O) groups excluding carboxylic acids is 1. The lowest BCUT2D eigenvalue weighted by atomic mass is 9.97. The normalized spacial score (nSPS) is 13.8. The predicted molar refractivity (Wildman–Crippen MR) is 89.3 cm³/mol. The highest BCUT2D eigenvalue weighted by Gasteiger charge is 2.27. The van der Waals surface area contributed by atoms with Gasteiger partial charge in [-0.25, -0.2) is 0 Å². The number of nitriles is 1. The summed E-state index contributed by atoms with van der Waals surface area (Å²) in [6.07, 6.45) is -0.870. The lowest BCUT2D eigenvalue weighted by molar-refractivity contribution is -0.156. The van der Waals surface area contributed by atoms with Crippen LogP contribution in [0.25, 0.3) is 0 Å². The molecule has 132 valence electrons. The van der Waals surface area contributed by atoms with Crippen LogP contribution in [0.4, 0.5) is 0 Å². The van der Waals surface area contributed by atoms with Crippen LogP contribution in [-0.2, 0) is 9.53 Å². The van der Waals surface area contributed by atoms with Crippen molar-refractivity contribution >= 4 is 5.97 Å². The highest BCUT2D eigenvalue weighted by Crippen LogP contribution is 2.30. The Hall–Kier alpha value is -2.62. The van der Waals surface area contributed by atoms with Gasteiger partial charge in [0.05, 0.1) is 23.3 Å². The Kier molecular flexibility index (Phi) is 5.62. The quantitative estimate of drug-likeness (QED) is 0.809. The molecule has 2 atom stereocenters. The number of rotatable bonds is 5. The third-order valence-corrected chi connectivity index (χ3v) is 3.66. The van der Waals surface area contributed by atoms with Crippen molar-refractivity contribution in [2.45, 2.75) is 33.0 Å². The smallest absolute Gasteiger partial charge is 0.311 e. The Bertz CT molecular complexity index is 764. The van der Waals surface area contributed by atoms with Crippen molar-refractivity contribution in [3.8, 4) is 6.07 Å². The minimum atomic E-state index is -1.19. The first-order valence-corrected chi connectivity index (χ1v) is 7.84. The number of ether oxygens (including phenoxy) is 1. The van der Waals surface area contributed by atoms with Crippen molar-refractivity contribution in [1.29, 1.82) is 5.26 Å². The van der Waals surface area contributed by atoms with Gasteiger partial charge < -0.3 is 19.4 Å². The van der Waals surface area contributed by atoms with E-state index in [0.29, 0.717) is 16.7 Å². The van der Waals surface area contributed by atoms with E-state index in [9.17, 15) is 15.0 Å². The Morgan fingerprint density at radius 2 is 1.88 bits per heavy atom. The maximum atomic E-state index is 11.8. The summed E-state index contributed by atoms with van der Waals surface area (Å²) in [4.78, 5) is 11.8. The summed E-state index contributed by atoms with van der Waals surface area (Å²) < 4.78 is 10.4. The number of carbonyl (C=O) groups is 1. The van der Waals surface area contributed by atoms with Gasteiger partial charge in [-0.05, 0) is 44.5 Å². The monoisotopic (exact) mass is 343 g/mol. The molecule has 0 spiro atoms. The van der Waals surface area contributed by atoms with Crippen LogP contribution in [0.15, 0.2) is 41.0 Å². The number of hydrogen-bond donors (Lipinski definition) is 2. The highest BCUT2D eigenvalue weighted by atomic mass is 16.5. The van der Waals surface area contributed by atoms with E-state index in [0.717, 1.165) is 0 Å². The molecule has 2 rings (SSSR count). The Labute approximate surface area is 146 Å². The molecule has 0 saturated heterocycles. The first-order valence-electron chi connectivity index (χ1n) is 7.84. The van der Waals surface area contributed by atoms with Crippen molar-refractivity contribution < 1.29 is 24.2 Å². The Balaban J connectivity index is 2.13. The molecule has 0 radical (unpaired) electrons. The van der Waals surface area contributed by atoms with Crippen molar-refractivity contribution in [2.24, 2.45) is 5.41 Å². The lowest BCUT2D eigenvalue weighted by Gasteiger charge is -2.19. The number of aliphatic hydroxyl groups is 2. The molecule has 25 heavy (non-hydrogen) atoms. The van der Waals surface area contributed by atoms with Crippen molar-refractivity contribution in [1.82, 2.24) is 0 Å². The predicted octanol–water partition coefficient (Wildman–Crippen LogP) is 2.86. The van der Waals surface area contributed by atoms with Crippen LogP contribution >= 0.6 is 0 Å². The highest BCUT2D eigenvalue weighted by molar-refractivity contribution is 5.75. The van der Waals surface area contributed by atoms with Crippen LogP contribution < -0.4 is 0 Å². The molecular weight excluding hydrogens is 322 g/mol. The van der Waals surface area contributed by atoms with Crippen LogP contribution in [-0.4, -0.2) is 22.8 Å². The van der Waals surface area contributed by atoms with Crippen LogP contribution in [0.1, 0.15) is 55.4 Å². The molecule has 0 aliphatic carbocycles. The van der Waals surface area contributed by atoms with Crippen molar-refractivity contribution in [3.63, 3.8) is 0 Å². The summed E-state index contributed by atoms with van der Waals surface area (Å²) in [6.45, 7) is 4.88. The average molecular weight is 343 g/mol. The second-order valence-electron chi connectivity index (χ2n) is 6.74. The topological polar surface area (TPSA) is 104 Å². The van der Waals surface area contributed by atoms with Crippen LogP contribution in [0, 0.1) is 16.7 Å². The van der Waals surface area contributed by atoms with E-state index in [1.165, 1.54) is 6.26 Å². The summed E-state index contributed by atoms with van der Waals surface area (Å²) in [5.41, 5.74) is 0.746. The van der Waals surface area contributed by atoms with Gasteiger partial charge in [0.2, 0.25) is 0 Å². The van der Waals surface area contributed by atoms with Gasteiger partial charge in [0, 0.05) is 5.56 Å². The van der Waals surface area contributed by atoms with Gasteiger partial charge in [0.15, 0.2) is 0 Å². The summed E-state index contributed by atoms with van der Waals surface area (Å²) in [5.74, 6) is -0.300. The molecule has 0 aliphatic heterocycles. The molecule has 0 saturated carbocycles. The van der Waals surface area contributed by atoms with Gasteiger partial charge in [0.1, 0.15) is 24.6 Å². The van der Waals surface area contributed by atoms with E-state index < -0.39 is 23.6 Å². The van der Waals surface area contributed by atoms with Crippen LogP contribution in [0.3, 0.4) is 0 Å². The fraction of sp³-hybridized carbons (Fsp3) is 0.368. The standard InChI is InChI=1S/C19H21NO5/c1-19(2,3)18(23)25-11-15(21)17-14(8-9-24-17)16(22)13-6-4-12(10-20)5-7-13/h4-9,15-16,21-22H,11H2,1-3H3/t15-,16-/m1/s1. The number of benzene rings is 1. The van der Waals surface area contributed by atoms with E-state index in [1.807, 2.05) is 6.07 Å². The molecule has 0 aliphatic rings. The van der Waals surface area contributed by atoms with Gasteiger partial charge >= 0.3 is 5.97 Å². The second-order valence-corrected chi connectivity index (χ2v) is 6.74. The Morgan fingerprint density at radius 3 is 2.44 bits per heavy atom. The van der Waals surface area contributed by atoms with Gasteiger partial charge in [-0.15, -0.1) is 0 Å². The molecule has 2 N–H and O–H groups in total. The SMILES string of the molecule is CC(C)(C)C(=O)OC[C@@H](O)c1occc1[C@H](O)c1ccc(C#N)cc1. The molecule has 1 heterocycles. The maximum absolute atomic E-state index is 11.8. The molecule has 6 heteroatoms. The first kappa shape index (κ1) is 18.7. The fourth-order valence-electron chi connectivity index (χ4n) is 2.19. The molecule has 2 aromatic rings. The molecular formula is C19H21NO5. The lowest BCUT2D eigenvalue weighted by Crippen LogP contribution is -2.25. The zero-order valence-electron chi connectivity index (χ0n) is 14.4. The molecule has 0 amide bonds. The summed E-state index contributed by atoms with van der Waals surface area (Å²) in [6, 6.07) is 10.0. The maximum Gasteiger partial charge on any atom is 0.311 e. The number of esters is 1. The zero-order valence-corrected chi connectivity index (χ0v) is 14.4. The van der Waals surface area contributed by atoms with Crippen LogP contribution in [0.2, 0.25) is 0 Å². The zero-order chi connectivity index (χ0) is 18.6. The molecule has 0 fully saturated rings. The Morgan fingerprint density at radius 1 is 1.24 bits per heavy atom. The number of nitrogens with zero attached hydrogens (tertiary/aromatic N) is 1. The van der Waals surface area contributed by atoms with E-state index >= 15 is 0 Å². The van der Waals surface area contributed by atoms with E-state index in [-0.39, 0.29) is 12.4 Å². The summed E-state index contributed by atoms with van der Waals surface area (Å²) in [7, 11) is 0. The van der Waals surface area contributed by atoms with E-state index in [1.54, 1.807) is 51.1 Å². The third kappa shape index (κ3) is 4.47. The average Bonchev–Trinajstić information content (AvgIpc) is 3.07. The van der Waals surface area contributed by atoms with Crippen molar-refractivity contribution in [2.75, 3.05) is 6.61 Å². The van der Waals surface area contributed by atoms with Crippen molar-refractivity contribution in [3.05, 3.63) is 59.0 Å².